The fourth-order valence-electron chi connectivity index (χ4n) is 4.24. The summed E-state index contributed by atoms with van der Waals surface area (Å²) in [5, 5.41) is 9.15. The van der Waals surface area contributed by atoms with E-state index in [1.54, 1.807) is 72.5 Å². The predicted molar refractivity (Wildman–Crippen MR) is 156 cm³/mol. The van der Waals surface area contributed by atoms with Crippen molar-refractivity contribution in [1.82, 2.24) is 4.90 Å². The maximum Gasteiger partial charge on any atom is 0.410 e. The van der Waals surface area contributed by atoms with E-state index in [1.807, 2.05) is 20.8 Å². The summed E-state index contributed by atoms with van der Waals surface area (Å²) in [5.41, 5.74) is 0.916. The molecule has 0 N–H and O–H groups in total. The molecule has 0 spiro atoms. The van der Waals surface area contributed by atoms with Gasteiger partial charge in [-0.3, -0.25) is 9.10 Å². The number of amides is 1. The third-order valence-electron chi connectivity index (χ3n) is 5.98. The number of nitrogens with zero attached hydrogens (tertiary/aromatic N) is 3. The highest BCUT2D eigenvalue weighted by Gasteiger charge is 2.29. The van der Waals surface area contributed by atoms with Crippen molar-refractivity contribution < 1.29 is 32.2 Å². The Bertz CT molecular complexity index is 1390. The minimum Gasteiger partial charge on any atom is -0.489 e. The Morgan fingerprint density at radius 3 is 2.63 bits per heavy atom. The van der Waals surface area contributed by atoms with E-state index in [4.69, 9.17) is 19.5 Å². The third-order valence-corrected chi connectivity index (χ3v) is 7.61. The second-order valence-electron chi connectivity index (χ2n) is 10.5. The van der Waals surface area contributed by atoms with Crippen LogP contribution in [0.25, 0.3) is 6.08 Å². The molecule has 1 aliphatic heterocycles. The zero-order valence-corrected chi connectivity index (χ0v) is 24.7. The van der Waals surface area contributed by atoms with E-state index in [0.717, 1.165) is 22.7 Å². The lowest BCUT2D eigenvalue weighted by atomic mass is 10.1. The van der Waals surface area contributed by atoms with E-state index in [9.17, 15) is 18.0 Å². The van der Waals surface area contributed by atoms with Crippen molar-refractivity contribution in [3.63, 3.8) is 0 Å². The summed E-state index contributed by atoms with van der Waals surface area (Å²) in [7, 11) is -4.12. The Morgan fingerprint density at radius 2 is 1.93 bits per heavy atom. The lowest BCUT2D eigenvalue weighted by molar-refractivity contribution is -0.139. The molecule has 0 aliphatic carbocycles. The van der Waals surface area contributed by atoms with Gasteiger partial charge in [0.2, 0.25) is 10.0 Å². The molecule has 10 nitrogen and oxygen atoms in total. The Morgan fingerprint density at radius 1 is 1.17 bits per heavy atom. The van der Waals surface area contributed by atoms with E-state index in [0.29, 0.717) is 30.1 Å². The molecule has 41 heavy (non-hydrogen) atoms. The maximum atomic E-state index is 13.3. The molecule has 3 rings (SSSR count). The highest BCUT2D eigenvalue weighted by atomic mass is 32.2. The van der Waals surface area contributed by atoms with Gasteiger partial charge in [0, 0.05) is 12.6 Å². The zero-order valence-electron chi connectivity index (χ0n) is 23.9. The van der Waals surface area contributed by atoms with Crippen LogP contribution in [0.2, 0.25) is 0 Å². The van der Waals surface area contributed by atoms with Crippen molar-refractivity contribution in [2.45, 2.75) is 52.2 Å². The number of carbonyl (C=O) groups is 2. The number of sulfonamides is 1. The minimum absolute atomic E-state index is 0.0640. The molecule has 1 atom stereocenters. The van der Waals surface area contributed by atoms with Crippen molar-refractivity contribution in [2.24, 2.45) is 0 Å². The first-order chi connectivity index (χ1) is 19.4. The summed E-state index contributed by atoms with van der Waals surface area (Å²) < 4.78 is 44.4. The van der Waals surface area contributed by atoms with Gasteiger partial charge in [-0.05, 0) is 70.4 Å². The molecule has 0 bridgehead atoms. The van der Waals surface area contributed by atoms with Crippen LogP contribution < -0.4 is 9.04 Å². The van der Waals surface area contributed by atoms with Gasteiger partial charge in [-0.2, -0.15) is 5.26 Å². The molecule has 2 aromatic rings. The summed E-state index contributed by atoms with van der Waals surface area (Å²) in [6, 6.07) is 15.6. The zero-order chi connectivity index (χ0) is 30.0. The second kappa shape index (κ2) is 14.0. The largest absolute Gasteiger partial charge is 0.489 e. The van der Waals surface area contributed by atoms with Gasteiger partial charge in [-0.25, -0.2) is 13.2 Å². The summed E-state index contributed by atoms with van der Waals surface area (Å²) in [6.07, 6.45) is 4.11. The average Bonchev–Trinajstić information content (AvgIpc) is 2.90. The number of likely N-dealkylation sites (tertiary alicyclic amines) is 1. The second-order valence-corrected chi connectivity index (χ2v) is 12.4. The van der Waals surface area contributed by atoms with E-state index in [1.165, 1.54) is 0 Å². The molecule has 0 radical (unpaired) electrons. The van der Waals surface area contributed by atoms with Gasteiger partial charge < -0.3 is 19.1 Å². The van der Waals surface area contributed by atoms with Crippen LogP contribution in [0.4, 0.5) is 10.5 Å². The maximum absolute atomic E-state index is 13.3. The highest BCUT2D eigenvalue weighted by Crippen LogP contribution is 2.27. The van der Waals surface area contributed by atoms with Crippen molar-refractivity contribution >= 4 is 33.8 Å². The highest BCUT2D eigenvalue weighted by molar-refractivity contribution is 7.93. The fraction of sp³-hybridized carbons (Fsp3) is 0.433. The standard InChI is InChI=1S/C30H37N3O7S/c1-5-38-28(34)22-41(36,37)33(17-8-12-23-10-6-11-24(18-23)20-31)25-13-7-14-26(19-25)39-27-15-9-16-32(21-27)29(35)40-30(2,3)4/h6-8,10-14,18-19,27H,5,9,15-17,21-22H2,1-4H3/b12-8+. The number of esters is 1. The smallest absolute Gasteiger partial charge is 0.410 e. The van der Waals surface area contributed by atoms with Crippen LogP contribution in [0, 0.1) is 11.3 Å². The summed E-state index contributed by atoms with van der Waals surface area (Å²) in [4.78, 5) is 26.3. The number of piperidine rings is 1. The normalized spacial score (nSPS) is 15.7. The quantitative estimate of drug-likeness (QED) is 0.367. The Kier molecular flexibility index (Phi) is 10.8. The first kappa shape index (κ1) is 31.5. The topological polar surface area (TPSA) is 126 Å². The molecule has 1 heterocycles. The molecule has 1 fully saturated rings. The lowest BCUT2D eigenvalue weighted by Crippen LogP contribution is -2.46. The number of benzene rings is 2. The Balaban J connectivity index is 1.81. The van der Waals surface area contributed by atoms with Gasteiger partial charge >= 0.3 is 12.1 Å². The summed E-state index contributed by atoms with van der Waals surface area (Å²) in [6.45, 7) is 7.95. The molecule has 1 unspecified atom stereocenters. The van der Waals surface area contributed by atoms with E-state index in [2.05, 4.69) is 6.07 Å². The molecule has 0 saturated carbocycles. The van der Waals surface area contributed by atoms with Crippen LogP contribution >= 0.6 is 0 Å². The van der Waals surface area contributed by atoms with Gasteiger partial charge in [-0.15, -0.1) is 0 Å². The van der Waals surface area contributed by atoms with Crippen LogP contribution in [0.5, 0.6) is 5.75 Å². The molecule has 1 amide bonds. The number of nitriles is 1. The van der Waals surface area contributed by atoms with Crippen LogP contribution in [0.15, 0.2) is 54.6 Å². The number of hydrogen-bond acceptors (Lipinski definition) is 8. The molecular weight excluding hydrogens is 546 g/mol. The van der Waals surface area contributed by atoms with Gasteiger partial charge in [-0.1, -0.05) is 30.4 Å². The van der Waals surface area contributed by atoms with Gasteiger partial charge in [0.25, 0.3) is 0 Å². The van der Waals surface area contributed by atoms with Crippen molar-refractivity contribution in [3.05, 3.63) is 65.7 Å². The molecule has 2 aromatic carbocycles. The van der Waals surface area contributed by atoms with Crippen LogP contribution in [-0.2, 0) is 24.3 Å². The van der Waals surface area contributed by atoms with E-state index in [-0.39, 0.29) is 19.3 Å². The van der Waals surface area contributed by atoms with E-state index < -0.39 is 33.4 Å². The van der Waals surface area contributed by atoms with E-state index >= 15 is 0 Å². The predicted octanol–water partition coefficient (Wildman–Crippen LogP) is 4.75. The molecule has 1 saturated heterocycles. The molecule has 11 heteroatoms. The number of carbonyl (C=O) groups excluding carboxylic acids is 2. The fourth-order valence-corrected chi connectivity index (χ4v) is 5.52. The summed E-state index contributed by atoms with van der Waals surface area (Å²) in [5.74, 6) is -1.24. The van der Waals surface area contributed by atoms with Crippen molar-refractivity contribution in [2.75, 3.05) is 36.3 Å². The lowest BCUT2D eigenvalue weighted by Gasteiger charge is -2.34. The first-order valence-corrected chi connectivity index (χ1v) is 15.1. The number of hydrogen-bond donors (Lipinski definition) is 0. The van der Waals surface area contributed by atoms with Gasteiger partial charge in [0.05, 0.1) is 37.0 Å². The average molecular weight is 584 g/mol. The monoisotopic (exact) mass is 583 g/mol. The van der Waals surface area contributed by atoms with Crippen LogP contribution in [-0.4, -0.2) is 69.1 Å². The van der Waals surface area contributed by atoms with Crippen LogP contribution in [0.1, 0.15) is 51.7 Å². The van der Waals surface area contributed by atoms with Crippen LogP contribution in [0.3, 0.4) is 0 Å². The summed E-state index contributed by atoms with van der Waals surface area (Å²) >= 11 is 0. The SMILES string of the molecule is CCOC(=O)CS(=O)(=O)N(C/C=C/c1cccc(C#N)c1)c1cccc(OC2CCCN(C(=O)OC(C)(C)C)C2)c1. The Labute approximate surface area is 242 Å². The molecule has 1 aliphatic rings. The number of ether oxygens (including phenoxy) is 3. The van der Waals surface area contributed by atoms with Crippen molar-refractivity contribution in [1.29, 1.82) is 5.26 Å². The molecular formula is C30H37N3O7S. The first-order valence-electron chi connectivity index (χ1n) is 13.5. The number of anilines is 1. The molecule has 0 aromatic heterocycles. The Hall–Kier alpha value is -4.04. The van der Waals surface area contributed by atoms with Gasteiger partial charge in [0.1, 0.15) is 17.5 Å². The number of rotatable bonds is 10. The molecule has 220 valence electrons. The minimum atomic E-state index is -4.12. The van der Waals surface area contributed by atoms with Crippen molar-refractivity contribution in [3.8, 4) is 11.8 Å². The van der Waals surface area contributed by atoms with Gasteiger partial charge in [0.15, 0.2) is 5.75 Å². The third kappa shape index (κ3) is 9.83.